The maximum absolute atomic E-state index is 12.4. The van der Waals surface area contributed by atoms with Gasteiger partial charge in [-0.2, -0.15) is 5.26 Å². The molecule has 3 rings (SSSR count). The molecule has 88 valence electrons. The normalized spacial score (nSPS) is 14.2. The first kappa shape index (κ1) is 10.7. The molecule has 1 saturated carbocycles. The van der Waals surface area contributed by atoms with E-state index in [0.717, 1.165) is 12.8 Å². The van der Waals surface area contributed by atoms with E-state index < -0.39 is 0 Å². The second-order valence-electron chi connectivity index (χ2n) is 4.44. The smallest absolute Gasteiger partial charge is 0.211 e. The van der Waals surface area contributed by atoms with Gasteiger partial charge in [0.15, 0.2) is 0 Å². The molecule has 0 N–H and O–H groups in total. The van der Waals surface area contributed by atoms with Crippen molar-refractivity contribution in [3.63, 3.8) is 0 Å². The third kappa shape index (κ3) is 1.80. The fourth-order valence-electron chi connectivity index (χ4n) is 2.00. The van der Waals surface area contributed by atoms with Crippen LogP contribution in [0.15, 0.2) is 36.8 Å². The van der Waals surface area contributed by atoms with Gasteiger partial charge in [0.1, 0.15) is 5.69 Å². The summed E-state index contributed by atoms with van der Waals surface area (Å²) in [6.07, 6.45) is 5.52. The first-order chi connectivity index (χ1) is 8.79. The van der Waals surface area contributed by atoms with Crippen LogP contribution in [-0.4, -0.2) is 15.3 Å². The lowest BCUT2D eigenvalue weighted by Crippen LogP contribution is -2.08. The van der Waals surface area contributed by atoms with Gasteiger partial charge in [0.2, 0.25) is 5.78 Å². The maximum Gasteiger partial charge on any atom is 0.211 e. The zero-order valence-corrected chi connectivity index (χ0v) is 9.71. The molecule has 0 aliphatic heterocycles. The number of hydrogen-bond donors (Lipinski definition) is 0. The van der Waals surface area contributed by atoms with Crippen LogP contribution in [0.25, 0.3) is 0 Å². The Morgan fingerprint density at radius 2 is 2.28 bits per heavy atom. The van der Waals surface area contributed by atoms with Crippen LogP contribution in [0.1, 0.15) is 40.5 Å². The molecule has 0 atom stereocenters. The zero-order valence-electron chi connectivity index (χ0n) is 9.71. The van der Waals surface area contributed by atoms with Crippen LogP contribution >= 0.6 is 0 Å². The van der Waals surface area contributed by atoms with Crippen molar-refractivity contribution < 1.29 is 4.79 Å². The van der Waals surface area contributed by atoms with Gasteiger partial charge >= 0.3 is 0 Å². The summed E-state index contributed by atoms with van der Waals surface area (Å²) in [7, 11) is 0. The van der Waals surface area contributed by atoms with Crippen molar-refractivity contribution in [2.24, 2.45) is 0 Å². The van der Waals surface area contributed by atoms with Crippen LogP contribution in [0.2, 0.25) is 0 Å². The Morgan fingerprint density at radius 3 is 3.00 bits per heavy atom. The lowest BCUT2D eigenvalue weighted by atomic mass is 10.1. The van der Waals surface area contributed by atoms with E-state index in [0.29, 0.717) is 22.9 Å². The second kappa shape index (κ2) is 4.11. The molecular formula is C14H11N3O. The number of imidazole rings is 1. The molecule has 1 aliphatic rings. The van der Waals surface area contributed by atoms with E-state index in [9.17, 15) is 4.79 Å². The maximum atomic E-state index is 12.4. The van der Waals surface area contributed by atoms with E-state index in [-0.39, 0.29) is 5.78 Å². The lowest BCUT2D eigenvalue weighted by molar-refractivity contribution is 0.103. The van der Waals surface area contributed by atoms with E-state index in [1.165, 1.54) is 0 Å². The van der Waals surface area contributed by atoms with Gasteiger partial charge in [-0.1, -0.05) is 12.1 Å². The molecule has 1 heterocycles. The minimum absolute atomic E-state index is 0.0727. The summed E-state index contributed by atoms with van der Waals surface area (Å²) in [6, 6.07) is 9.23. The molecule has 4 nitrogen and oxygen atoms in total. The second-order valence-corrected chi connectivity index (χ2v) is 4.44. The number of nitriles is 1. The fraction of sp³-hybridized carbons (Fsp3) is 0.214. The lowest BCUT2D eigenvalue weighted by Gasteiger charge is -2.05. The van der Waals surface area contributed by atoms with Crippen molar-refractivity contribution in [1.82, 2.24) is 9.55 Å². The third-order valence-corrected chi connectivity index (χ3v) is 3.09. The summed E-state index contributed by atoms with van der Waals surface area (Å²) >= 11 is 0. The molecule has 1 aromatic heterocycles. The molecule has 0 amide bonds. The number of aromatic nitrogens is 2. The Bertz CT molecular complexity index is 647. The number of hydrogen-bond acceptors (Lipinski definition) is 3. The molecule has 4 heteroatoms. The average Bonchev–Trinajstić information content (AvgIpc) is 3.15. The van der Waals surface area contributed by atoms with Crippen LogP contribution in [0.5, 0.6) is 0 Å². The average molecular weight is 237 g/mol. The Morgan fingerprint density at radius 1 is 1.44 bits per heavy atom. The molecule has 1 aliphatic carbocycles. The molecular weight excluding hydrogens is 226 g/mol. The van der Waals surface area contributed by atoms with Gasteiger partial charge in [0.25, 0.3) is 0 Å². The molecule has 2 aromatic rings. The fourth-order valence-corrected chi connectivity index (χ4v) is 2.00. The minimum Gasteiger partial charge on any atom is -0.325 e. The van der Waals surface area contributed by atoms with E-state index in [2.05, 4.69) is 4.98 Å². The summed E-state index contributed by atoms with van der Waals surface area (Å²) in [5, 5.41) is 8.85. The monoisotopic (exact) mass is 237 g/mol. The molecule has 18 heavy (non-hydrogen) atoms. The van der Waals surface area contributed by atoms with Crippen molar-refractivity contribution in [2.45, 2.75) is 18.9 Å². The largest absolute Gasteiger partial charge is 0.325 e. The van der Waals surface area contributed by atoms with Crippen LogP contribution in [0, 0.1) is 11.3 Å². The standard InChI is InChI=1S/C14H11N3O/c15-7-10-2-1-3-11(6-10)14(18)13-8-16-9-17(13)12-4-5-12/h1-3,6,8-9,12H,4-5H2. The molecule has 0 bridgehead atoms. The summed E-state index contributed by atoms with van der Waals surface area (Å²) in [6.45, 7) is 0. The van der Waals surface area contributed by atoms with Gasteiger partial charge in [0.05, 0.1) is 24.2 Å². The van der Waals surface area contributed by atoms with Crippen molar-refractivity contribution >= 4 is 5.78 Å². The van der Waals surface area contributed by atoms with Crippen LogP contribution in [0.4, 0.5) is 0 Å². The Hall–Kier alpha value is -2.41. The molecule has 0 spiro atoms. The van der Waals surface area contributed by atoms with Crippen LogP contribution in [0.3, 0.4) is 0 Å². The van der Waals surface area contributed by atoms with Crippen LogP contribution in [-0.2, 0) is 0 Å². The molecule has 1 aromatic carbocycles. The van der Waals surface area contributed by atoms with E-state index in [4.69, 9.17) is 5.26 Å². The highest BCUT2D eigenvalue weighted by Crippen LogP contribution is 2.36. The Kier molecular flexibility index (Phi) is 2.45. The van der Waals surface area contributed by atoms with E-state index in [1.807, 2.05) is 10.6 Å². The number of carbonyl (C=O) groups excluding carboxylic acids is 1. The van der Waals surface area contributed by atoms with Crippen LogP contribution < -0.4 is 0 Å². The van der Waals surface area contributed by atoms with Gasteiger partial charge in [-0.05, 0) is 25.0 Å². The Balaban J connectivity index is 1.98. The van der Waals surface area contributed by atoms with Crippen molar-refractivity contribution in [1.29, 1.82) is 5.26 Å². The van der Waals surface area contributed by atoms with Gasteiger partial charge in [-0.25, -0.2) is 4.98 Å². The molecule has 0 unspecified atom stereocenters. The predicted octanol–water partition coefficient (Wildman–Crippen LogP) is 2.32. The summed E-state index contributed by atoms with van der Waals surface area (Å²) < 4.78 is 1.93. The summed E-state index contributed by atoms with van der Waals surface area (Å²) in [5.41, 5.74) is 1.64. The summed E-state index contributed by atoms with van der Waals surface area (Å²) in [4.78, 5) is 16.4. The number of ketones is 1. The van der Waals surface area contributed by atoms with E-state index in [1.54, 1.807) is 36.8 Å². The topological polar surface area (TPSA) is 58.7 Å². The van der Waals surface area contributed by atoms with Gasteiger partial charge in [-0.15, -0.1) is 0 Å². The van der Waals surface area contributed by atoms with Crippen molar-refractivity contribution in [3.8, 4) is 6.07 Å². The molecule has 0 saturated heterocycles. The number of nitrogens with zero attached hydrogens (tertiary/aromatic N) is 3. The minimum atomic E-state index is -0.0727. The summed E-state index contributed by atoms with van der Waals surface area (Å²) in [5.74, 6) is -0.0727. The molecule has 0 radical (unpaired) electrons. The Labute approximate surface area is 105 Å². The quantitative estimate of drug-likeness (QED) is 0.770. The first-order valence-electron chi connectivity index (χ1n) is 5.86. The van der Waals surface area contributed by atoms with Gasteiger partial charge < -0.3 is 4.57 Å². The van der Waals surface area contributed by atoms with Crippen molar-refractivity contribution in [2.75, 3.05) is 0 Å². The highest BCUT2D eigenvalue weighted by molar-refractivity contribution is 6.08. The zero-order chi connectivity index (χ0) is 12.5. The number of rotatable bonds is 3. The highest BCUT2D eigenvalue weighted by atomic mass is 16.1. The number of carbonyl (C=O) groups is 1. The number of benzene rings is 1. The third-order valence-electron chi connectivity index (χ3n) is 3.09. The first-order valence-corrected chi connectivity index (χ1v) is 5.86. The highest BCUT2D eigenvalue weighted by Gasteiger charge is 2.27. The molecule has 1 fully saturated rings. The van der Waals surface area contributed by atoms with Gasteiger partial charge in [0, 0.05) is 11.6 Å². The van der Waals surface area contributed by atoms with E-state index >= 15 is 0 Å². The predicted molar refractivity (Wildman–Crippen MR) is 65.1 cm³/mol. The SMILES string of the molecule is N#Cc1cccc(C(=O)c2cncn2C2CC2)c1. The van der Waals surface area contributed by atoms with Gasteiger partial charge in [-0.3, -0.25) is 4.79 Å². The van der Waals surface area contributed by atoms with Crippen molar-refractivity contribution in [3.05, 3.63) is 53.6 Å².